The summed E-state index contributed by atoms with van der Waals surface area (Å²) in [5.41, 5.74) is 0.938. The average molecular weight is 368 g/mol. The van der Waals surface area contributed by atoms with Crippen molar-refractivity contribution in [2.45, 2.75) is 30.2 Å². The molecule has 2 fully saturated rings. The smallest absolute Gasteiger partial charge is 0.240 e. The fraction of sp³-hybridized carbons (Fsp3) is 0.667. The fourth-order valence-electron chi connectivity index (χ4n) is 3.71. The molecule has 7 heteroatoms. The average Bonchev–Trinajstić information content (AvgIpc) is 2.63. The Bertz CT molecular complexity index is 661. The van der Waals surface area contributed by atoms with Gasteiger partial charge in [-0.25, -0.2) is 13.1 Å². The maximum Gasteiger partial charge on any atom is 0.240 e. The maximum atomic E-state index is 12.7. The van der Waals surface area contributed by atoms with Gasteiger partial charge in [-0.15, -0.1) is 0 Å². The zero-order chi connectivity index (χ0) is 17.9. The summed E-state index contributed by atoms with van der Waals surface area (Å²) < 4.78 is 33.8. The van der Waals surface area contributed by atoms with Crippen LogP contribution in [0.25, 0.3) is 0 Å². The van der Waals surface area contributed by atoms with Crippen molar-refractivity contribution < 1.29 is 13.2 Å². The van der Waals surface area contributed by atoms with Crippen molar-refractivity contribution in [3.63, 3.8) is 0 Å². The molecule has 1 aromatic carbocycles. The lowest BCUT2D eigenvalue weighted by molar-refractivity contribution is -0.0427. The molecule has 6 nitrogen and oxygen atoms in total. The Balaban J connectivity index is 1.75. The number of rotatable bonds is 5. The number of likely N-dealkylation sites (tertiary alicyclic amines) is 1. The number of hydrogen-bond acceptors (Lipinski definition) is 5. The third kappa shape index (κ3) is 4.41. The van der Waals surface area contributed by atoms with E-state index in [0.717, 1.165) is 57.8 Å². The molecule has 0 aliphatic carbocycles. The van der Waals surface area contributed by atoms with Gasteiger partial charge in [-0.2, -0.15) is 0 Å². The molecule has 2 aliphatic rings. The van der Waals surface area contributed by atoms with Crippen molar-refractivity contribution in [3.8, 4) is 0 Å². The van der Waals surface area contributed by atoms with Crippen molar-refractivity contribution in [1.82, 2.24) is 14.5 Å². The molecule has 1 N–H and O–H groups in total. The van der Waals surface area contributed by atoms with Crippen LogP contribution in [0.2, 0.25) is 0 Å². The number of nitrogens with one attached hydrogen (secondary N) is 1. The number of piperidine rings is 1. The van der Waals surface area contributed by atoms with Crippen molar-refractivity contribution in [1.29, 1.82) is 0 Å². The molecule has 0 atom stereocenters. The van der Waals surface area contributed by atoms with Gasteiger partial charge in [0, 0.05) is 25.2 Å². The van der Waals surface area contributed by atoms with Crippen molar-refractivity contribution in [3.05, 3.63) is 29.8 Å². The van der Waals surface area contributed by atoms with Crippen LogP contribution in [0.1, 0.15) is 18.4 Å². The minimum absolute atomic E-state index is 0.117. The van der Waals surface area contributed by atoms with E-state index in [1.807, 2.05) is 19.1 Å². The Labute approximate surface area is 151 Å². The second-order valence-corrected chi connectivity index (χ2v) is 9.03. The summed E-state index contributed by atoms with van der Waals surface area (Å²) in [5.74, 6) is 0. The van der Waals surface area contributed by atoms with Gasteiger partial charge in [0.25, 0.3) is 0 Å². The second kappa shape index (κ2) is 7.72. The molecular weight excluding hydrogens is 338 g/mol. The Kier molecular flexibility index (Phi) is 5.80. The number of morpholine rings is 1. The maximum absolute atomic E-state index is 12.7. The lowest BCUT2D eigenvalue weighted by Crippen LogP contribution is -2.62. The highest BCUT2D eigenvalue weighted by molar-refractivity contribution is 7.89. The summed E-state index contributed by atoms with van der Waals surface area (Å²) in [6.07, 6.45) is 1.94. The fourth-order valence-corrected chi connectivity index (χ4v) is 4.83. The molecular formula is C18H29N3O3S. The Morgan fingerprint density at radius 1 is 1.08 bits per heavy atom. The molecule has 140 valence electrons. The van der Waals surface area contributed by atoms with E-state index in [9.17, 15) is 8.42 Å². The number of hydrogen-bond donors (Lipinski definition) is 1. The topological polar surface area (TPSA) is 61.9 Å². The van der Waals surface area contributed by atoms with Crippen LogP contribution in [0.15, 0.2) is 29.2 Å². The summed E-state index contributed by atoms with van der Waals surface area (Å²) in [6.45, 7) is 7.58. The standard InChI is InChI=1S/C18H29N3O3S/c1-16-3-5-17(6-4-16)25(22,23)19-15-18(7-9-20(2)10-8-18)21-11-13-24-14-12-21/h3-6,19H,7-15H2,1-2H3. The van der Waals surface area contributed by atoms with Gasteiger partial charge in [0.1, 0.15) is 0 Å². The largest absolute Gasteiger partial charge is 0.379 e. The van der Waals surface area contributed by atoms with E-state index in [0.29, 0.717) is 11.4 Å². The van der Waals surface area contributed by atoms with E-state index in [2.05, 4.69) is 21.6 Å². The van der Waals surface area contributed by atoms with Gasteiger partial charge in [0.15, 0.2) is 0 Å². The van der Waals surface area contributed by atoms with Gasteiger partial charge >= 0.3 is 0 Å². The quantitative estimate of drug-likeness (QED) is 0.844. The van der Waals surface area contributed by atoms with E-state index in [1.165, 1.54) is 0 Å². The van der Waals surface area contributed by atoms with Gasteiger partial charge in [-0.05, 0) is 52.0 Å². The van der Waals surface area contributed by atoms with Gasteiger partial charge < -0.3 is 9.64 Å². The first-order valence-electron chi connectivity index (χ1n) is 8.99. The predicted octanol–water partition coefficient (Wildman–Crippen LogP) is 1.07. The third-order valence-corrected chi connectivity index (χ3v) is 6.94. The monoisotopic (exact) mass is 367 g/mol. The van der Waals surface area contributed by atoms with Crippen molar-refractivity contribution in [2.75, 3.05) is 53.0 Å². The number of ether oxygens (including phenoxy) is 1. The molecule has 2 heterocycles. The highest BCUT2D eigenvalue weighted by Crippen LogP contribution is 2.29. The molecule has 0 unspecified atom stereocenters. The van der Waals surface area contributed by atoms with Crippen LogP contribution >= 0.6 is 0 Å². The van der Waals surface area contributed by atoms with Crippen LogP contribution in [0, 0.1) is 6.92 Å². The Hall–Kier alpha value is -0.990. The molecule has 2 saturated heterocycles. The number of nitrogens with zero attached hydrogens (tertiary/aromatic N) is 2. The third-order valence-electron chi connectivity index (χ3n) is 5.52. The van der Waals surface area contributed by atoms with Crippen LogP contribution in [0.4, 0.5) is 0 Å². The summed E-state index contributed by atoms with van der Waals surface area (Å²) in [7, 11) is -1.36. The first kappa shape index (κ1) is 18.8. The minimum Gasteiger partial charge on any atom is -0.379 e. The molecule has 0 aromatic heterocycles. The number of aryl methyl sites for hydroxylation is 1. The highest BCUT2D eigenvalue weighted by Gasteiger charge is 2.40. The Morgan fingerprint density at radius 2 is 1.68 bits per heavy atom. The van der Waals surface area contributed by atoms with Crippen LogP contribution in [0.5, 0.6) is 0 Å². The molecule has 0 saturated carbocycles. The molecule has 3 rings (SSSR count). The van der Waals surface area contributed by atoms with Crippen molar-refractivity contribution >= 4 is 10.0 Å². The molecule has 0 bridgehead atoms. The van der Waals surface area contributed by atoms with Crippen molar-refractivity contribution in [2.24, 2.45) is 0 Å². The molecule has 1 aromatic rings. The summed E-state index contributed by atoms with van der Waals surface area (Å²) in [4.78, 5) is 5.08. The lowest BCUT2D eigenvalue weighted by atomic mass is 9.85. The summed E-state index contributed by atoms with van der Waals surface area (Å²) >= 11 is 0. The molecule has 25 heavy (non-hydrogen) atoms. The van der Waals surface area contributed by atoms with E-state index in [-0.39, 0.29) is 5.54 Å². The van der Waals surface area contributed by atoms with E-state index in [1.54, 1.807) is 12.1 Å². The number of sulfonamides is 1. The summed E-state index contributed by atoms with van der Waals surface area (Å²) in [5, 5.41) is 0. The van der Waals surface area contributed by atoms with Crippen LogP contribution in [-0.4, -0.2) is 76.7 Å². The van der Waals surface area contributed by atoms with E-state index in [4.69, 9.17) is 4.74 Å². The van der Waals surface area contributed by atoms with Crippen LogP contribution < -0.4 is 4.72 Å². The second-order valence-electron chi connectivity index (χ2n) is 7.26. The summed E-state index contributed by atoms with van der Waals surface area (Å²) in [6, 6.07) is 7.02. The highest BCUT2D eigenvalue weighted by atomic mass is 32.2. The molecule has 0 radical (unpaired) electrons. The molecule has 0 spiro atoms. The minimum atomic E-state index is -3.49. The zero-order valence-corrected chi connectivity index (χ0v) is 16.0. The Morgan fingerprint density at radius 3 is 2.28 bits per heavy atom. The van der Waals surface area contributed by atoms with E-state index >= 15 is 0 Å². The first-order valence-corrected chi connectivity index (χ1v) is 10.5. The number of benzene rings is 1. The molecule has 2 aliphatic heterocycles. The zero-order valence-electron chi connectivity index (χ0n) is 15.2. The molecule has 0 amide bonds. The SMILES string of the molecule is Cc1ccc(S(=O)(=O)NCC2(N3CCOCC3)CCN(C)CC2)cc1. The lowest BCUT2D eigenvalue weighted by Gasteiger charge is -2.49. The van der Waals surface area contributed by atoms with Gasteiger partial charge in [-0.3, -0.25) is 4.90 Å². The van der Waals surface area contributed by atoms with Gasteiger partial charge in [-0.1, -0.05) is 17.7 Å². The van der Waals surface area contributed by atoms with Gasteiger partial charge in [0.2, 0.25) is 10.0 Å². The van der Waals surface area contributed by atoms with Crippen LogP contribution in [-0.2, 0) is 14.8 Å². The van der Waals surface area contributed by atoms with Crippen LogP contribution in [0.3, 0.4) is 0 Å². The first-order chi connectivity index (χ1) is 11.9. The normalized spacial score (nSPS) is 22.8. The van der Waals surface area contributed by atoms with E-state index < -0.39 is 10.0 Å². The predicted molar refractivity (Wildman–Crippen MR) is 98.2 cm³/mol. The van der Waals surface area contributed by atoms with Gasteiger partial charge in [0.05, 0.1) is 18.1 Å².